The summed E-state index contributed by atoms with van der Waals surface area (Å²) in [5, 5.41) is 11.6. The molecule has 0 aliphatic heterocycles. The maximum Gasteiger partial charge on any atom is 0.306 e. The predicted octanol–water partition coefficient (Wildman–Crippen LogP) is 4.02. The van der Waals surface area contributed by atoms with Gasteiger partial charge in [0.05, 0.1) is 5.92 Å². The summed E-state index contributed by atoms with van der Waals surface area (Å²) < 4.78 is 0. The Hall–Kier alpha value is -1.51. The standard InChI is InChI=1S/C8H11N.C7H14O2/c1-2-9-8-6-4-3-5-7-8;1-3-4-5-6(2)7(8)9/h3-7,9H,2H2,1H3;6H,3-5H2,1-2H3,(H,8,9). The molecule has 0 saturated heterocycles. The molecule has 1 unspecified atom stereocenters. The topological polar surface area (TPSA) is 49.3 Å². The largest absolute Gasteiger partial charge is 0.481 e. The quantitative estimate of drug-likeness (QED) is 0.803. The molecule has 0 aliphatic rings. The number of hydrogen-bond donors (Lipinski definition) is 2. The van der Waals surface area contributed by atoms with Gasteiger partial charge in [-0.15, -0.1) is 0 Å². The van der Waals surface area contributed by atoms with Crippen LogP contribution in [0.3, 0.4) is 0 Å². The third kappa shape index (κ3) is 8.62. The molecule has 0 spiro atoms. The summed E-state index contributed by atoms with van der Waals surface area (Å²) in [6.07, 6.45) is 2.91. The maximum atomic E-state index is 10.2. The van der Waals surface area contributed by atoms with E-state index in [1.165, 1.54) is 5.69 Å². The molecule has 1 aromatic rings. The van der Waals surface area contributed by atoms with Gasteiger partial charge in [-0.25, -0.2) is 0 Å². The van der Waals surface area contributed by atoms with Crippen molar-refractivity contribution in [2.24, 2.45) is 5.92 Å². The zero-order valence-electron chi connectivity index (χ0n) is 11.6. The van der Waals surface area contributed by atoms with Crippen molar-refractivity contribution in [2.75, 3.05) is 11.9 Å². The average molecular weight is 251 g/mol. The normalized spacial score (nSPS) is 11.1. The van der Waals surface area contributed by atoms with Crippen molar-refractivity contribution in [1.29, 1.82) is 0 Å². The molecule has 0 bridgehead atoms. The number of aliphatic carboxylic acids is 1. The van der Waals surface area contributed by atoms with Crippen LogP contribution in [-0.2, 0) is 4.79 Å². The number of para-hydroxylation sites is 1. The van der Waals surface area contributed by atoms with Crippen LogP contribution in [0.1, 0.15) is 40.0 Å². The SMILES string of the molecule is CCCCC(C)C(=O)O.CCNc1ccccc1. The Balaban J connectivity index is 0.000000321. The van der Waals surface area contributed by atoms with Gasteiger partial charge in [0.15, 0.2) is 0 Å². The zero-order chi connectivity index (χ0) is 13.8. The second-order valence-corrected chi connectivity index (χ2v) is 4.28. The molecule has 1 atom stereocenters. The molecular formula is C15H25NO2. The van der Waals surface area contributed by atoms with Crippen LogP contribution in [0.5, 0.6) is 0 Å². The minimum absolute atomic E-state index is 0.162. The molecule has 1 aromatic carbocycles. The van der Waals surface area contributed by atoms with Crippen molar-refractivity contribution >= 4 is 11.7 Å². The van der Waals surface area contributed by atoms with Crippen LogP contribution in [0.15, 0.2) is 30.3 Å². The molecule has 0 radical (unpaired) electrons. The van der Waals surface area contributed by atoms with E-state index in [-0.39, 0.29) is 5.92 Å². The van der Waals surface area contributed by atoms with E-state index in [9.17, 15) is 4.79 Å². The summed E-state index contributed by atoms with van der Waals surface area (Å²) in [7, 11) is 0. The highest BCUT2D eigenvalue weighted by Crippen LogP contribution is 2.06. The lowest BCUT2D eigenvalue weighted by Gasteiger charge is -2.02. The van der Waals surface area contributed by atoms with Gasteiger partial charge in [-0.1, -0.05) is 44.9 Å². The number of carboxylic acid groups (broad SMARTS) is 1. The third-order valence-electron chi connectivity index (χ3n) is 2.57. The van der Waals surface area contributed by atoms with E-state index >= 15 is 0 Å². The Labute approximate surface area is 110 Å². The van der Waals surface area contributed by atoms with E-state index in [0.29, 0.717) is 0 Å². The lowest BCUT2D eigenvalue weighted by Crippen LogP contribution is -2.08. The Morgan fingerprint density at radius 2 is 1.89 bits per heavy atom. The van der Waals surface area contributed by atoms with Gasteiger partial charge in [-0.3, -0.25) is 4.79 Å². The van der Waals surface area contributed by atoms with Gasteiger partial charge in [-0.05, 0) is 25.5 Å². The van der Waals surface area contributed by atoms with E-state index in [1.807, 2.05) is 18.2 Å². The first-order valence-electron chi connectivity index (χ1n) is 6.63. The van der Waals surface area contributed by atoms with Crippen LogP contribution in [0.25, 0.3) is 0 Å². The summed E-state index contributed by atoms with van der Waals surface area (Å²) >= 11 is 0. The van der Waals surface area contributed by atoms with Crippen LogP contribution < -0.4 is 5.32 Å². The molecule has 3 nitrogen and oxygen atoms in total. The van der Waals surface area contributed by atoms with Crippen LogP contribution in [-0.4, -0.2) is 17.6 Å². The number of hydrogen-bond acceptors (Lipinski definition) is 2. The summed E-state index contributed by atoms with van der Waals surface area (Å²) in [6, 6.07) is 10.2. The lowest BCUT2D eigenvalue weighted by molar-refractivity contribution is -0.141. The van der Waals surface area contributed by atoms with Crippen LogP contribution in [0.2, 0.25) is 0 Å². The van der Waals surface area contributed by atoms with Crippen molar-refractivity contribution < 1.29 is 9.90 Å². The number of anilines is 1. The fraction of sp³-hybridized carbons (Fsp3) is 0.533. The molecule has 0 amide bonds. The van der Waals surface area contributed by atoms with Gasteiger partial charge >= 0.3 is 5.97 Å². The Kier molecular flexibility index (Phi) is 9.74. The molecule has 1 rings (SSSR count). The number of carboxylic acids is 1. The second kappa shape index (κ2) is 10.6. The van der Waals surface area contributed by atoms with Crippen LogP contribution >= 0.6 is 0 Å². The van der Waals surface area contributed by atoms with Gasteiger partial charge in [0.1, 0.15) is 0 Å². The van der Waals surface area contributed by atoms with E-state index in [1.54, 1.807) is 6.92 Å². The van der Waals surface area contributed by atoms with Crippen molar-refractivity contribution in [2.45, 2.75) is 40.0 Å². The molecule has 18 heavy (non-hydrogen) atoms. The second-order valence-electron chi connectivity index (χ2n) is 4.28. The Bertz CT molecular complexity index is 312. The van der Waals surface area contributed by atoms with E-state index in [2.05, 4.69) is 31.3 Å². The number of benzene rings is 1. The summed E-state index contributed by atoms with van der Waals surface area (Å²) in [5.41, 5.74) is 1.19. The molecular weight excluding hydrogens is 226 g/mol. The van der Waals surface area contributed by atoms with Crippen molar-refractivity contribution in [1.82, 2.24) is 0 Å². The van der Waals surface area contributed by atoms with Crippen molar-refractivity contribution in [3.05, 3.63) is 30.3 Å². The van der Waals surface area contributed by atoms with E-state index in [0.717, 1.165) is 25.8 Å². The summed E-state index contributed by atoms with van der Waals surface area (Å²) in [6.45, 7) is 6.89. The fourth-order valence-corrected chi connectivity index (χ4v) is 1.39. The van der Waals surface area contributed by atoms with E-state index in [4.69, 9.17) is 5.11 Å². The molecule has 3 heteroatoms. The van der Waals surface area contributed by atoms with Gasteiger partial charge in [-0.2, -0.15) is 0 Å². The van der Waals surface area contributed by atoms with Crippen LogP contribution in [0, 0.1) is 5.92 Å². The number of nitrogens with one attached hydrogen (secondary N) is 1. The molecule has 102 valence electrons. The molecule has 0 aromatic heterocycles. The monoisotopic (exact) mass is 251 g/mol. The van der Waals surface area contributed by atoms with Crippen molar-refractivity contribution in [3.63, 3.8) is 0 Å². The number of rotatable bonds is 6. The van der Waals surface area contributed by atoms with Gasteiger partial charge in [0.2, 0.25) is 0 Å². The van der Waals surface area contributed by atoms with Gasteiger partial charge in [0, 0.05) is 12.2 Å². The smallest absolute Gasteiger partial charge is 0.306 e. The van der Waals surface area contributed by atoms with Crippen molar-refractivity contribution in [3.8, 4) is 0 Å². The number of carbonyl (C=O) groups is 1. The molecule has 0 aliphatic carbocycles. The molecule has 0 fully saturated rings. The van der Waals surface area contributed by atoms with Gasteiger partial charge in [0.25, 0.3) is 0 Å². The highest BCUT2D eigenvalue weighted by atomic mass is 16.4. The lowest BCUT2D eigenvalue weighted by atomic mass is 10.1. The Morgan fingerprint density at radius 1 is 1.28 bits per heavy atom. The summed E-state index contributed by atoms with van der Waals surface area (Å²) in [4.78, 5) is 10.2. The predicted molar refractivity (Wildman–Crippen MR) is 76.9 cm³/mol. The first-order valence-corrected chi connectivity index (χ1v) is 6.63. The third-order valence-corrected chi connectivity index (χ3v) is 2.57. The fourth-order valence-electron chi connectivity index (χ4n) is 1.39. The first-order chi connectivity index (χ1) is 8.61. The first kappa shape index (κ1) is 16.5. The van der Waals surface area contributed by atoms with Crippen LogP contribution in [0.4, 0.5) is 5.69 Å². The summed E-state index contributed by atoms with van der Waals surface area (Å²) in [5.74, 6) is -0.839. The van der Waals surface area contributed by atoms with Gasteiger partial charge < -0.3 is 10.4 Å². The minimum atomic E-state index is -0.677. The Morgan fingerprint density at radius 3 is 2.33 bits per heavy atom. The average Bonchev–Trinajstić information content (AvgIpc) is 2.38. The molecule has 2 N–H and O–H groups in total. The highest BCUT2D eigenvalue weighted by molar-refractivity contribution is 5.69. The highest BCUT2D eigenvalue weighted by Gasteiger charge is 2.08. The maximum absolute atomic E-state index is 10.2. The minimum Gasteiger partial charge on any atom is -0.481 e. The number of unbranched alkanes of at least 4 members (excludes halogenated alkanes) is 1. The molecule has 0 saturated carbocycles. The molecule has 0 heterocycles. The van der Waals surface area contributed by atoms with E-state index < -0.39 is 5.97 Å². The zero-order valence-corrected chi connectivity index (χ0v) is 11.6.